The van der Waals surface area contributed by atoms with E-state index < -0.39 is 10.0 Å². The van der Waals surface area contributed by atoms with Crippen LogP contribution in [0.3, 0.4) is 0 Å². The summed E-state index contributed by atoms with van der Waals surface area (Å²) in [7, 11) is -1.36. The van der Waals surface area contributed by atoms with Crippen molar-refractivity contribution in [3.63, 3.8) is 0 Å². The van der Waals surface area contributed by atoms with E-state index in [1.807, 2.05) is 18.2 Å². The van der Waals surface area contributed by atoms with Crippen LogP contribution in [0, 0.1) is 0 Å². The van der Waals surface area contributed by atoms with Crippen molar-refractivity contribution >= 4 is 32.6 Å². The van der Waals surface area contributed by atoms with Crippen LogP contribution in [0.15, 0.2) is 70.7 Å². The van der Waals surface area contributed by atoms with Crippen molar-refractivity contribution in [2.75, 3.05) is 33.2 Å². The van der Waals surface area contributed by atoms with Crippen LogP contribution >= 0.6 is 11.8 Å². The van der Waals surface area contributed by atoms with Gasteiger partial charge in [-0.05, 0) is 28.5 Å². The van der Waals surface area contributed by atoms with E-state index in [-0.39, 0.29) is 4.90 Å². The molecular weight excluding hydrogens is 390 g/mol. The summed E-state index contributed by atoms with van der Waals surface area (Å²) < 4.78 is 27.2. The fourth-order valence-corrected chi connectivity index (χ4v) is 5.67. The van der Waals surface area contributed by atoms with Gasteiger partial charge in [0.15, 0.2) is 0 Å². The van der Waals surface area contributed by atoms with Gasteiger partial charge in [0.1, 0.15) is 4.90 Å². The number of nitrogens with zero attached hydrogens (tertiary/aromatic N) is 2. The van der Waals surface area contributed by atoms with Crippen LogP contribution < -0.4 is 4.90 Å². The predicted molar refractivity (Wildman–Crippen MR) is 113 cm³/mol. The van der Waals surface area contributed by atoms with Gasteiger partial charge in [0.2, 0.25) is 10.0 Å². The fourth-order valence-electron chi connectivity index (χ4n) is 3.43. The smallest absolute Gasteiger partial charge is 0.245 e. The second-order valence-electron chi connectivity index (χ2n) is 7.12. The number of nitrogens with one attached hydrogen (secondary N) is 1. The molecule has 2 heterocycles. The van der Waals surface area contributed by atoms with E-state index in [9.17, 15) is 8.42 Å². The van der Waals surface area contributed by atoms with E-state index in [4.69, 9.17) is 0 Å². The highest BCUT2D eigenvalue weighted by atomic mass is 32.2. The summed E-state index contributed by atoms with van der Waals surface area (Å²) in [6.07, 6.45) is 1.49. The van der Waals surface area contributed by atoms with Gasteiger partial charge < -0.3 is 4.90 Å². The molecule has 0 atom stereocenters. The monoisotopic (exact) mass is 414 g/mol. The maximum atomic E-state index is 12.8. The lowest BCUT2D eigenvalue weighted by molar-refractivity contribution is -0.883. The molecule has 1 aromatic heterocycles. The van der Waals surface area contributed by atoms with Gasteiger partial charge in [-0.25, -0.2) is 13.4 Å². The molecule has 1 N–H and O–H groups in total. The molecule has 0 amide bonds. The van der Waals surface area contributed by atoms with Gasteiger partial charge in [0, 0.05) is 11.9 Å². The normalized spacial score (nSPS) is 16.5. The molecule has 3 aromatic rings. The Kier molecular flexibility index (Phi) is 5.68. The largest absolute Gasteiger partial charge is 0.335 e. The zero-order valence-corrected chi connectivity index (χ0v) is 17.5. The maximum absolute atomic E-state index is 12.8. The van der Waals surface area contributed by atoms with Crippen molar-refractivity contribution in [3.05, 3.63) is 66.4 Å². The topological polar surface area (TPSA) is 54.7 Å². The first-order valence-electron chi connectivity index (χ1n) is 9.41. The van der Waals surface area contributed by atoms with Crippen LogP contribution in [0.1, 0.15) is 5.56 Å². The molecule has 2 aromatic carbocycles. The molecular formula is C21H24N3O2S2+. The summed E-state index contributed by atoms with van der Waals surface area (Å²) in [5, 5.41) is 3.30. The Morgan fingerprint density at radius 2 is 1.79 bits per heavy atom. The van der Waals surface area contributed by atoms with Gasteiger partial charge >= 0.3 is 0 Å². The number of piperazine rings is 1. The first kappa shape index (κ1) is 19.4. The molecule has 28 heavy (non-hydrogen) atoms. The fraction of sp³-hybridized carbons (Fsp3) is 0.286. The van der Waals surface area contributed by atoms with E-state index >= 15 is 0 Å². The van der Waals surface area contributed by atoms with E-state index in [0.717, 1.165) is 23.9 Å². The second kappa shape index (κ2) is 8.21. The Labute approximate surface area is 170 Å². The third kappa shape index (κ3) is 4.07. The molecule has 1 saturated heterocycles. The Morgan fingerprint density at radius 1 is 1.04 bits per heavy atom. The van der Waals surface area contributed by atoms with Gasteiger partial charge in [-0.2, -0.15) is 4.31 Å². The number of thioether (sulfide) groups is 1. The third-order valence-corrected chi connectivity index (χ3v) is 8.05. The molecule has 0 saturated carbocycles. The zero-order chi connectivity index (χ0) is 19.6. The summed E-state index contributed by atoms with van der Waals surface area (Å²) in [5.74, 6) is 0.793. The van der Waals surface area contributed by atoms with Gasteiger partial charge in [0.05, 0.1) is 38.3 Å². The number of quaternary nitrogens is 1. The summed E-state index contributed by atoms with van der Waals surface area (Å²) in [6, 6.07) is 18.1. The SMILES string of the molecule is C[NH+]1CCN(S(=O)(=O)c2ccc(SCc3cccc4ccccc34)nc2)CC1. The van der Waals surface area contributed by atoms with Crippen molar-refractivity contribution in [1.82, 2.24) is 9.29 Å². The van der Waals surface area contributed by atoms with Gasteiger partial charge in [0.25, 0.3) is 0 Å². The molecule has 0 radical (unpaired) electrons. The first-order chi connectivity index (χ1) is 13.5. The number of hydrogen-bond acceptors (Lipinski definition) is 4. The quantitative estimate of drug-likeness (QED) is 0.650. The lowest BCUT2D eigenvalue weighted by Crippen LogP contribution is -3.12. The minimum Gasteiger partial charge on any atom is -0.335 e. The van der Waals surface area contributed by atoms with Crippen LogP contribution in [0.5, 0.6) is 0 Å². The third-order valence-electron chi connectivity index (χ3n) is 5.18. The van der Waals surface area contributed by atoms with E-state index in [1.54, 1.807) is 22.1 Å². The molecule has 1 fully saturated rings. The van der Waals surface area contributed by atoms with Gasteiger partial charge in [-0.1, -0.05) is 42.5 Å². The van der Waals surface area contributed by atoms with E-state index in [2.05, 4.69) is 42.4 Å². The maximum Gasteiger partial charge on any atom is 0.245 e. The number of hydrogen-bond donors (Lipinski definition) is 1. The highest BCUT2D eigenvalue weighted by Gasteiger charge is 2.29. The molecule has 0 unspecified atom stereocenters. The van der Waals surface area contributed by atoms with Crippen molar-refractivity contribution < 1.29 is 13.3 Å². The minimum absolute atomic E-state index is 0.279. The second-order valence-corrected chi connectivity index (χ2v) is 10.1. The number of sulfonamides is 1. The first-order valence-corrected chi connectivity index (χ1v) is 11.8. The lowest BCUT2D eigenvalue weighted by atomic mass is 10.1. The van der Waals surface area contributed by atoms with Crippen LogP contribution in [0.2, 0.25) is 0 Å². The summed E-state index contributed by atoms with van der Waals surface area (Å²) in [5.41, 5.74) is 1.25. The highest BCUT2D eigenvalue weighted by molar-refractivity contribution is 7.98. The average molecular weight is 415 g/mol. The van der Waals surface area contributed by atoms with Gasteiger partial charge in [-0.15, -0.1) is 11.8 Å². The van der Waals surface area contributed by atoms with Crippen LogP contribution in [-0.4, -0.2) is 50.9 Å². The number of fused-ring (bicyclic) bond motifs is 1. The molecule has 0 bridgehead atoms. The van der Waals surface area contributed by atoms with Crippen LogP contribution in [0.25, 0.3) is 10.8 Å². The van der Waals surface area contributed by atoms with Crippen LogP contribution in [0.4, 0.5) is 0 Å². The summed E-state index contributed by atoms with van der Waals surface area (Å²) in [6.45, 7) is 2.80. The van der Waals surface area contributed by atoms with Crippen molar-refractivity contribution in [2.45, 2.75) is 15.7 Å². The summed E-state index contributed by atoms with van der Waals surface area (Å²) >= 11 is 1.62. The van der Waals surface area contributed by atoms with E-state index in [0.29, 0.717) is 13.1 Å². The molecule has 7 heteroatoms. The molecule has 0 spiro atoms. The molecule has 1 aliphatic heterocycles. The number of rotatable bonds is 5. The predicted octanol–water partition coefficient (Wildman–Crippen LogP) is 2.05. The Hall–Kier alpha value is -1.93. The molecule has 4 rings (SSSR count). The number of pyridine rings is 1. The highest BCUT2D eigenvalue weighted by Crippen LogP contribution is 2.27. The Balaban J connectivity index is 1.46. The average Bonchev–Trinajstić information content (AvgIpc) is 2.73. The van der Waals surface area contributed by atoms with Crippen LogP contribution in [-0.2, 0) is 15.8 Å². The number of likely N-dealkylation sites (N-methyl/N-ethyl adjacent to an activating group) is 1. The number of benzene rings is 2. The summed E-state index contributed by atoms with van der Waals surface area (Å²) in [4.78, 5) is 6.05. The Morgan fingerprint density at radius 3 is 2.54 bits per heavy atom. The molecule has 1 aliphatic rings. The zero-order valence-electron chi connectivity index (χ0n) is 15.8. The van der Waals surface area contributed by atoms with Gasteiger partial charge in [-0.3, -0.25) is 0 Å². The molecule has 146 valence electrons. The minimum atomic E-state index is -3.45. The standard InChI is InChI=1S/C21H23N3O2S2/c1-23-11-13-24(14-12-23)28(25,26)19-9-10-21(22-15-19)27-16-18-7-4-6-17-5-2-3-8-20(17)18/h2-10,15H,11-14,16H2,1H3/p+1. The number of aromatic nitrogens is 1. The Bertz CT molecular complexity index is 1060. The van der Waals surface area contributed by atoms with E-state index in [1.165, 1.54) is 27.4 Å². The van der Waals surface area contributed by atoms with Crippen molar-refractivity contribution in [3.8, 4) is 0 Å². The van der Waals surface area contributed by atoms with Crippen molar-refractivity contribution in [1.29, 1.82) is 0 Å². The van der Waals surface area contributed by atoms with Crippen molar-refractivity contribution in [2.24, 2.45) is 0 Å². The lowest BCUT2D eigenvalue weighted by Gasteiger charge is -2.29. The molecule has 0 aliphatic carbocycles. The molecule has 5 nitrogen and oxygen atoms in total.